The van der Waals surface area contributed by atoms with Crippen LogP contribution in [-0.4, -0.2) is 80.7 Å². The number of carbonyl (C=O) groups is 3. The summed E-state index contributed by atoms with van der Waals surface area (Å²) in [6.45, 7) is 7.66. The second-order valence-corrected chi connectivity index (χ2v) is 14.4. The Labute approximate surface area is 254 Å². The van der Waals surface area contributed by atoms with Crippen LogP contribution in [0.1, 0.15) is 85.5 Å². The van der Waals surface area contributed by atoms with Crippen LogP contribution < -0.4 is 5.32 Å². The SMILES string of the molecule is C#C[C@@]1(O)CC[C@@H]2[C@@H]3CCC4=CC(=NOCC(=O)N[C@H](C(=O)N5C[C@H](O)C[C@@H]5C(=O)O)C(C)C)CC[C@]4(C)[C@H]3CC[C@@]21C. The van der Waals surface area contributed by atoms with E-state index in [1.165, 1.54) is 5.57 Å². The lowest BCUT2D eigenvalue weighted by molar-refractivity contribution is -0.150. The van der Waals surface area contributed by atoms with Crippen molar-refractivity contribution in [2.75, 3.05) is 13.2 Å². The van der Waals surface area contributed by atoms with Gasteiger partial charge in [0.2, 0.25) is 5.91 Å². The second-order valence-electron chi connectivity index (χ2n) is 14.4. The maximum atomic E-state index is 13.1. The number of rotatable bonds is 7. The second kappa shape index (κ2) is 11.6. The number of hydrogen-bond acceptors (Lipinski definition) is 7. The van der Waals surface area contributed by atoms with E-state index in [1.54, 1.807) is 13.8 Å². The monoisotopic (exact) mass is 597 g/mol. The molecule has 0 unspecified atom stereocenters. The van der Waals surface area contributed by atoms with Gasteiger partial charge >= 0.3 is 5.97 Å². The summed E-state index contributed by atoms with van der Waals surface area (Å²) in [5.41, 5.74) is 1.03. The molecular weight excluding hydrogens is 550 g/mol. The van der Waals surface area contributed by atoms with Crippen molar-refractivity contribution in [1.82, 2.24) is 10.2 Å². The number of β-amino-alcohol motifs (C(OH)–C–C–N with tert-alkyl or cyclic N) is 1. The van der Waals surface area contributed by atoms with Crippen molar-refractivity contribution in [2.24, 2.45) is 39.7 Å². The third kappa shape index (κ3) is 5.37. The molecule has 5 aliphatic rings. The van der Waals surface area contributed by atoms with Crippen LogP contribution in [-0.2, 0) is 19.2 Å². The van der Waals surface area contributed by atoms with Gasteiger partial charge in [-0.2, -0.15) is 0 Å². The highest BCUT2D eigenvalue weighted by Gasteiger charge is 2.63. The molecule has 4 fully saturated rings. The molecule has 9 atom stereocenters. The number of oxime groups is 1. The molecule has 1 heterocycles. The van der Waals surface area contributed by atoms with E-state index in [2.05, 4.69) is 36.3 Å². The van der Waals surface area contributed by atoms with Crippen molar-refractivity contribution in [2.45, 2.75) is 109 Å². The lowest BCUT2D eigenvalue weighted by Crippen LogP contribution is -2.54. The summed E-state index contributed by atoms with van der Waals surface area (Å²) in [7, 11) is 0. The molecule has 3 saturated carbocycles. The van der Waals surface area contributed by atoms with Gasteiger partial charge in [-0.15, -0.1) is 6.42 Å². The van der Waals surface area contributed by atoms with Crippen LogP contribution in [0.4, 0.5) is 0 Å². The standard InChI is InChI=1S/C33H47N3O7/c1-6-33(42)14-11-25-23-8-7-20-15-21(9-12-31(20,4)24(23)10-13-32(25,33)5)35-43-18-27(38)34-28(19(2)3)29(39)36-17-22(37)16-26(36)30(40)41/h1,15,19,22-26,28,37,42H,7-14,16-18H2,2-5H3,(H,34,38)(H,40,41)/t22-,23-,24+,25-,26-,28+,31+,32+,33-/m1/s1. The molecule has 43 heavy (non-hydrogen) atoms. The van der Waals surface area contributed by atoms with E-state index in [0.717, 1.165) is 55.6 Å². The fourth-order valence-corrected chi connectivity index (χ4v) is 9.27. The first-order chi connectivity index (χ1) is 20.2. The predicted molar refractivity (Wildman–Crippen MR) is 159 cm³/mol. The highest BCUT2D eigenvalue weighted by atomic mass is 16.6. The Bertz CT molecular complexity index is 1260. The number of likely N-dealkylation sites (tertiary alicyclic amines) is 1. The third-order valence-electron chi connectivity index (χ3n) is 11.8. The highest BCUT2D eigenvalue weighted by Crippen LogP contribution is 2.67. The summed E-state index contributed by atoms with van der Waals surface area (Å²) in [5, 5.41) is 37.6. The number of terminal acetylenes is 1. The molecule has 0 bridgehead atoms. The van der Waals surface area contributed by atoms with Gasteiger partial charge in [0.25, 0.3) is 5.91 Å². The molecule has 10 heteroatoms. The first-order valence-corrected chi connectivity index (χ1v) is 15.8. The van der Waals surface area contributed by atoms with Gasteiger partial charge in [0, 0.05) is 18.4 Å². The van der Waals surface area contributed by atoms with Crippen molar-refractivity contribution in [3.63, 3.8) is 0 Å². The van der Waals surface area contributed by atoms with Crippen LogP contribution in [0.15, 0.2) is 16.8 Å². The number of carboxylic acid groups (broad SMARTS) is 1. The Morgan fingerprint density at radius 2 is 1.88 bits per heavy atom. The number of aliphatic hydroxyl groups excluding tert-OH is 1. The van der Waals surface area contributed by atoms with Gasteiger partial charge in [0.15, 0.2) is 6.61 Å². The number of aliphatic carboxylic acids is 1. The Balaban J connectivity index is 1.19. The van der Waals surface area contributed by atoms with Crippen LogP contribution in [0.2, 0.25) is 0 Å². The summed E-state index contributed by atoms with van der Waals surface area (Å²) in [5.74, 6) is 1.75. The zero-order valence-electron chi connectivity index (χ0n) is 25.8. The van der Waals surface area contributed by atoms with Crippen molar-refractivity contribution in [3.05, 3.63) is 11.6 Å². The number of hydrogen-bond donors (Lipinski definition) is 4. The normalized spacial score (nSPS) is 40.1. The van der Waals surface area contributed by atoms with Gasteiger partial charge in [-0.05, 0) is 86.5 Å². The molecule has 4 aliphatic carbocycles. The summed E-state index contributed by atoms with van der Waals surface area (Å²) >= 11 is 0. The van der Waals surface area contributed by atoms with Crippen LogP contribution in [0, 0.1) is 46.8 Å². The summed E-state index contributed by atoms with van der Waals surface area (Å²) < 4.78 is 0. The molecule has 0 aromatic rings. The van der Waals surface area contributed by atoms with E-state index in [9.17, 15) is 29.7 Å². The van der Waals surface area contributed by atoms with Gasteiger partial charge in [0.05, 0.1) is 11.8 Å². The number of allylic oxidation sites excluding steroid dienone is 2. The molecule has 236 valence electrons. The molecule has 1 aliphatic heterocycles. The average Bonchev–Trinajstić information content (AvgIpc) is 3.48. The molecule has 0 radical (unpaired) electrons. The topological polar surface area (TPSA) is 149 Å². The van der Waals surface area contributed by atoms with E-state index in [4.69, 9.17) is 11.3 Å². The summed E-state index contributed by atoms with van der Waals surface area (Å²) in [4.78, 5) is 44.0. The van der Waals surface area contributed by atoms with Crippen molar-refractivity contribution < 1.29 is 34.5 Å². The number of carbonyl (C=O) groups excluding carboxylic acids is 2. The fourth-order valence-electron chi connectivity index (χ4n) is 9.27. The molecule has 0 aromatic heterocycles. The lowest BCUT2D eigenvalue weighted by Gasteiger charge is -2.58. The van der Waals surface area contributed by atoms with Gasteiger partial charge in [-0.1, -0.05) is 44.3 Å². The minimum Gasteiger partial charge on any atom is -0.480 e. The van der Waals surface area contributed by atoms with Crippen LogP contribution in [0.5, 0.6) is 0 Å². The van der Waals surface area contributed by atoms with E-state index < -0.39 is 41.6 Å². The van der Waals surface area contributed by atoms with E-state index in [1.807, 2.05) is 0 Å². The van der Waals surface area contributed by atoms with E-state index in [0.29, 0.717) is 24.2 Å². The maximum absolute atomic E-state index is 13.1. The average molecular weight is 598 g/mol. The third-order valence-corrected chi connectivity index (χ3v) is 11.8. The van der Waals surface area contributed by atoms with E-state index >= 15 is 0 Å². The molecule has 2 amide bonds. The number of amides is 2. The molecule has 1 saturated heterocycles. The fraction of sp³-hybridized carbons (Fsp3) is 0.758. The smallest absolute Gasteiger partial charge is 0.326 e. The molecule has 0 spiro atoms. The predicted octanol–water partition coefficient (Wildman–Crippen LogP) is 2.87. The Kier molecular flexibility index (Phi) is 8.47. The zero-order valence-corrected chi connectivity index (χ0v) is 25.8. The Hall–Kier alpha value is -2.90. The number of nitrogens with zero attached hydrogens (tertiary/aromatic N) is 2. The van der Waals surface area contributed by atoms with Gasteiger partial charge in [-0.25, -0.2) is 4.79 Å². The Morgan fingerprint density at radius 3 is 2.56 bits per heavy atom. The summed E-state index contributed by atoms with van der Waals surface area (Å²) in [6, 6.07) is -2.07. The van der Waals surface area contributed by atoms with Gasteiger partial charge in [0.1, 0.15) is 17.7 Å². The van der Waals surface area contributed by atoms with Crippen LogP contribution in [0.25, 0.3) is 0 Å². The highest BCUT2D eigenvalue weighted by molar-refractivity contribution is 5.96. The van der Waals surface area contributed by atoms with Crippen molar-refractivity contribution >= 4 is 23.5 Å². The minimum atomic E-state index is -1.18. The van der Waals surface area contributed by atoms with E-state index in [-0.39, 0.29) is 36.3 Å². The van der Waals surface area contributed by atoms with Crippen molar-refractivity contribution in [3.8, 4) is 12.3 Å². The molecular formula is C33H47N3O7. The number of nitrogens with one attached hydrogen (secondary N) is 1. The number of fused-ring (bicyclic) bond motifs is 5. The summed E-state index contributed by atoms with van der Waals surface area (Å²) in [6.07, 6.45) is 14.4. The number of aliphatic hydroxyl groups is 2. The van der Waals surface area contributed by atoms with Crippen LogP contribution in [0.3, 0.4) is 0 Å². The largest absolute Gasteiger partial charge is 0.480 e. The molecule has 5 rings (SSSR count). The Morgan fingerprint density at radius 1 is 1.16 bits per heavy atom. The van der Waals surface area contributed by atoms with Crippen LogP contribution >= 0.6 is 0 Å². The minimum absolute atomic E-state index is 0.0362. The van der Waals surface area contributed by atoms with Gasteiger partial charge < -0.3 is 30.4 Å². The molecule has 10 nitrogen and oxygen atoms in total. The van der Waals surface area contributed by atoms with Crippen molar-refractivity contribution in [1.29, 1.82) is 0 Å². The quantitative estimate of drug-likeness (QED) is 0.261. The first-order valence-electron chi connectivity index (χ1n) is 15.8. The van der Waals surface area contributed by atoms with Gasteiger partial charge in [-0.3, -0.25) is 9.59 Å². The molecule has 0 aromatic carbocycles. The first kappa shape index (κ1) is 31.5. The lowest BCUT2D eigenvalue weighted by atomic mass is 9.46. The maximum Gasteiger partial charge on any atom is 0.326 e. The zero-order chi connectivity index (χ0) is 31.3. The molecule has 4 N–H and O–H groups in total. The number of carboxylic acids is 1.